The number of carbonyl (C=O) groups excluding carboxylic acids is 3. The number of aryl methyl sites for hydroxylation is 2. The number of methoxy groups -OCH3 is 1. The number of amides is 1. The van der Waals surface area contributed by atoms with Gasteiger partial charge < -0.3 is 19.5 Å². The van der Waals surface area contributed by atoms with Crippen LogP contribution in [0.1, 0.15) is 61.1 Å². The van der Waals surface area contributed by atoms with Gasteiger partial charge in [-0.05, 0) is 67.6 Å². The fourth-order valence-corrected chi connectivity index (χ4v) is 5.29. The van der Waals surface area contributed by atoms with Crippen molar-refractivity contribution in [1.29, 1.82) is 0 Å². The normalized spacial score (nSPS) is 17.7. The lowest BCUT2D eigenvalue weighted by atomic mass is 9.73. The van der Waals surface area contributed by atoms with Crippen molar-refractivity contribution in [3.8, 4) is 11.5 Å². The fraction of sp³-hybridized carbons (Fsp3) is 0.367. The lowest BCUT2D eigenvalue weighted by Gasteiger charge is -2.36. The van der Waals surface area contributed by atoms with Gasteiger partial charge in [0.2, 0.25) is 0 Å². The van der Waals surface area contributed by atoms with Gasteiger partial charge in [-0.3, -0.25) is 14.4 Å². The highest BCUT2D eigenvalue weighted by Crippen LogP contribution is 2.48. The van der Waals surface area contributed by atoms with Crippen LogP contribution >= 0.6 is 0 Å². The Hall–Kier alpha value is -3.87. The average Bonchev–Trinajstić information content (AvgIpc) is 2.89. The number of ether oxygens (including phenoxy) is 3. The molecule has 0 spiro atoms. The molecule has 7 nitrogen and oxygen atoms in total. The van der Waals surface area contributed by atoms with Crippen molar-refractivity contribution >= 4 is 23.2 Å². The van der Waals surface area contributed by atoms with Crippen LogP contribution in [0.4, 0.5) is 5.69 Å². The largest absolute Gasteiger partial charge is 0.493 e. The maximum atomic E-state index is 13.0. The molecule has 0 bridgehead atoms. The second-order valence-electron chi connectivity index (χ2n) is 9.81. The Morgan fingerprint density at radius 1 is 0.892 bits per heavy atom. The van der Waals surface area contributed by atoms with Gasteiger partial charge in [0.05, 0.1) is 7.11 Å². The molecular weight excluding hydrogens is 470 g/mol. The predicted octanol–water partition coefficient (Wildman–Crippen LogP) is 5.46. The van der Waals surface area contributed by atoms with Gasteiger partial charge in [0.1, 0.15) is 11.5 Å². The molecule has 37 heavy (non-hydrogen) atoms. The Morgan fingerprint density at radius 2 is 1.57 bits per heavy atom. The number of carbonyl (C=O) groups is 3. The molecule has 0 atom stereocenters. The summed E-state index contributed by atoms with van der Waals surface area (Å²) in [6.45, 7) is 3.82. The number of Topliss-reactive ketones (excluding diaryl/α,β-unsaturated/α-hetero) is 2. The summed E-state index contributed by atoms with van der Waals surface area (Å²) >= 11 is 0. The number of anilines is 1. The van der Waals surface area contributed by atoms with E-state index >= 15 is 0 Å². The van der Waals surface area contributed by atoms with Crippen LogP contribution in [0, 0.1) is 13.8 Å². The zero-order valence-electron chi connectivity index (χ0n) is 21.4. The molecule has 3 aliphatic rings. The van der Waals surface area contributed by atoms with E-state index in [0.717, 1.165) is 29.5 Å². The van der Waals surface area contributed by atoms with Gasteiger partial charge in [0.15, 0.2) is 29.7 Å². The Labute approximate surface area is 216 Å². The van der Waals surface area contributed by atoms with Gasteiger partial charge in [0, 0.05) is 48.4 Å². The topological polar surface area (TPSA) is 90.9 Å². The van der Waals surface area contributed by atoms with E-state index in [1.165, 1.54) is 7.11 Å². The number of rotatable bonds is 6. The third-order valence-corrected chi connectivity index (χ3v) is 7.31. The Balaban J connectivity index is 1.39. The first-order chi connectivity index (χ1) is 17.9. The van der Waals surface area contributed by atoms with E-state index in [0.29, 0.717) is 65.5 Å². The summed E-state index contributed by atoms with van der Waals surface area (Å²) in [7, 11) is 1.53. The van der Waals surface area contributed by atoms with E-state index in [9.17, 15) is 14.4 Å². The molecule has 7 heteroatoms. The van der Waals surface area contributed by atoms with Crippen LogP contribution in [0.2, 0.25) is 0 Å². The van der Waals surface area contributed by atoms with Crippen LogP contribution in [0.5, 0.6) is 11.5 Å². The summed E-state index contributed by atoms with van der Waals surface area (Å²) in [6.07, 6.45) is 3.78. The number of allylic oxidation sites excluding steroid dienone is 4. The molecule has 1 N–H and O–H groups in total. The summed E-state index contributed by atoms with van der Waals surface area (Å²) in [5.41, 5.74) is 4.90. The van der Waals surface area contributed by atoms with E-state index < -0.39 is 5.92 Å². The number of benzene rings is 2. The molecule has 0 unspecified atom stereocenters. The third-order valence-electron chi connectivity index (χ3n) is 7.31. The minimum absolute atomic E-state index is 0.0264. The average molecular weight is 502 g/mol. The van der Waals surface area contributed by atoms with Gasteiger partial charge in [-0.25, -0.2) is 0 Å². The summed E-state index contributed by atoms with van der Waals surface area (Å²) in [5.74, 6) is 1.51. The minimum Gasteiger partial charge on any atom is -0.493 e. The predicted molar refractivity (Wildman–Crippen MR) is 139 cm³/mol. The molecule has 0 fully saturated rings. The van der Waals surface area contributed by atoms with Crippen molar-refractivity contribution in [3.05, 3.63) is 75.8 Å². The summed E-state index contributed by atoms with van der Waals surface area (Å²) in [5, 5.41) is 2.85. The molecule has 1 heterocycles. The van der Waals surface area contributed by atoms with Gasteiger partial charge in [-0.15, -0.1) is 0 Å². The first kappa shape index (κ1) is 24.8. The fourth-order valence-electron chi connectivity index (χ4n) is 5.29. The summed E-state index contributed by atoms with van der Waals surface area (Å²) in [4.78, 5) is 38.5. The van der Waals surface area contributed by atoms with Crippen molar-refractivity contribution in [2.75, 3.05) is 19.0 Å². The van der Waals surface area contributed by atoms with Crippen LogP contribution in [0.15, 0.2) is 59.1 Å². The summed E-state index contributed by atoms with van der Waals surface area (Å²) in [6, 6.07) is 11.1. The molecule has 192 valence electrons. The molecule has 2 aromatic carbocycles. The summed E-state index contributed by atoms with van der Waals surface area (Å²) < 4.78 is 17.5. The highest BCUT2D eigenvalue weighted by molar-refractivity contribution is 6.05. The van der Waals surface area contributed by atoms with Crippen molar-refractivity contribution in [2.24, 2.45) is 0 Å². The third kappa shape index (κ3) is 4.90. The highest BCUT2D eigenvalue weighted by Gasteiger charge is 2.42. The number of nitrogens with one attached hydrogen (secondary N) is 1. The van der Waals surface area contributed by atoms with Gasteiger partial charge >= 0.3 is 0 Å². The molecule has 2 aliphatic carbocycles. The van der Waals surface area contributed by atoms with Gasteiger partial charge in [-0.1, -0.05) is 12.1 Å². The maximum absolute atomic E-state index is 13.0. The number of ketones is 2. The monoisotopic (exact) mass is 501 g/mol. The van der Waals surface area contributed by atoms with E-state index in [1.54, 1.807) is 12.1 Å². The van der Waals surface area contributed by atoms with Gasteiger partial charge in [-0.2, -0.15) is 0 Å². The Morgan fingerprint density at radius 3 is 2.19 bits per heavy atom. The number of hydrogen-bond donors (Lipinski definition) is 1. The van der Waals surface area contributed by atoms with E-state index in [4.69, 9.17) is 14.2 Å². The molecule has 2 aromatic rings. The molecule has 5 rings (SSSR count). The second-order valence-corrected chi connectivity index (χ2v) is 9.81. The molecular formula is C30H31NO6. The van der Waals surface area contributed by atoms with Crippen LogP contribution in [-0.2, 0) is 19.1 Å². The maximum Gasteiger partial charge on any atom is 0.262 e. The van der Waals surface area contributed by atoms with Crippen molar-refractivity contribution in [3.63, 3.8) is 0 Å². The molecule has 0 radical (unpaired) electrons. The van der Waals surface area contributed by atoms with E-state index in [2.05, 4.69) is 5.32 Å². The quantitative estimate of drug-likeness (QED) is 0.565. The Bertz CT molecular complexity index is 1310. The standard InChI is InChI=1S/C30H31NO6/c1-17-10-12-20(14-18(17)2)31-27(34)16-36-23-13-11-19(15-26(23)35-3)28-29-21(32)6-4-8-24(29)37-25-9-5-7-22(33)30(25)28/h10-15,28H,4-9,16H2,1-3H3,(H,31,34). The van der Waals surface area contributed by atoms with Crippen LogP contribution in [0.25, 0.3) is 0 Å². The first-order valence-corrected chi connectivity index (χ1v) is 12.7. The smallest absolute Gasteiger partial charge is 0.262 e. The molecule has 0 aromatic heterocycles. The molecule has 1 amide bonds. The number of hydrogen-bond acceptors (Lipinski definition) is 6. The van der Waals surface area contributed by atoms with E-state index in [-0.39, 0.29) is 24.1 Å². The second kappa shape index (κ2) is 10.2. The zero-order chi connectivity index (χ0) is 26.1. The molecule has 0 saturated heterocycles. The molecule has 0 saturated carbocycles. The van der Waals surface area contributed by atoms with Crippen molar-refractivity contribution in [1.82, 2.24) is 0 Å². The Kier molecular flexibility index (Phi) is 6.87. The highest BCUT2D eigenvalue weighted by atomic mass is 16.5. The lowest BCUT2D eigenvalue weighted by Crippen LogP contribution is -2.30. The van der Waals surface area contributed by atoms with Crippen molar-refractivity contribution in [2.45, 2.75) is 58.3 Å². The van der Waals surface area contributed by atoms with Crippen LogP contribution in [0.3, 0.4) is 0 Å². The van der Waals surface area contributed by atoms with E-state index in [1.807, 2.05) is 38.1 Å². The van der Waals surface area contributed by atoms with Gasteiger partial charge in [0.25, 0.3) is 5.91 Å². The van der Waals surface area contributed by atoms with Crippen LogP contribution in [-0.4, -0.2) is 31.2 Å². The first-order valence-electron chi connectivity index (χ1n) is 12.7. The minimum atomic E-state index is -0.477. The van der Waals surface area contributed by atoms with Crippen molar-refractivity contribution < 1.29 is 28.6 Å². The zero-order valence-corrected chi connectivity index (χ0v) is 21.4. The SMILES string of the molecule is COc1cc(C2C3=C(CCCC3=O)OC3=C2C(=O)CCC3)ccc1OCC(=O)Nc1ccc(C)c(C)c1. The molecule has 1 aliphatic heterocycles. The van der Waals surface area contributed by atoms with Crippen LogP contribution < -0.4 is 14.8 Å². The lowest BCUT2D eigenvalue weighted by molar-refractivity contribution is -0.119.